The second kappa shape index (κ2) is 7.28. The molecule has 0 saturated carbocycles. The lowest BCUT2D eigenvalue weighted by atomic mass is 10.1. The van der Waals surface area contributed by atoms with Crippen LogP contribution in [-0.4, -0.2) is 46.5 Å². The molecule has 1 saturated heterocycles. The number of hydrogen-bond donors (Lipinski definition) is 2. The average Bonchev–Trinajstić information content (AvgIpc) is 2.61. The molecule has 138 valence electrons. The van der Waals surface area contributed by atoms with Crippen molar-refractivity contribution < 1.29 is 18.0 Å². The van der Waals surface area contributed by atoms with Gasteiger partial charge in [0.05, 0.1) is 0 Å². The summed E-state index contributed by atoms with van der Waals surface area (Å²) in [5.74, 6) is -0.299. The van der Waals surface area contributed by atoms with Crippen molar-refractivity contribution in [3.05, 3.63) is 47.8 Å². The molecular weight excluding hydrogens is 347 g/mol. The molecule has 1 aliphatic rings. The van der Waals surface area contributed by atoms with E-state index in [2.05, 4.69) is 20.6 Å². The molecule has 0 spiro atoms. The van der Waals surface area contributed by atoms with E-state index in [1.165, 1.54) is 0 Å². The molecule has 1 aromatic heterocycles. The van der Waals surface area contributed by atoms with Crippen molar-refractivity contribution in [3.63, 3.8) is 0 Å². The lowest BCUT2D eigenvalue weighted by Crippen LogP contribution is -2.51. The summed E-state index contributed by atoms with van der Waals surface area (Å²) in [7, 11) is 0. The zero-order valence-corrected chi connectivity index (χ0v) is 14.0. The number of piperazine rings is 1. The molecule has 0 radical (unpaired) electrons. The Morgan fingerprint density at radius 1 is 1.35 bits per heavy atom. The number of carbonyl (C=O) groups is 1. The summed E-state index contributed by atoms with van der Waals surface area (Å²) >= 11 is 0. The minimum absolute atomic E-state index is 0.119. The summed E-state index contributed by atoms with van der Waals surface area (Å²) in [5.41, 5.74) is -0.133. The van der Waals surface area contributed by atoms with Gasteiger partial charge in [0.2, 0.25) is 5.95 Å². The van der Waals surface area contributed by atoms with Gasteiger partial charge in [-0.05, 0) is 31.2 Å². The van der Waals surface area contributed by atoms with Crippen molar-refractivity contribution in [3.8, 4) is 0 Å². The average molecular weight is 365 g/mol. The number of anilines is 2. The number of rotatable bonds is 3. The van der Waals surface area contributed by atoms with Crippen LogP contribution in [0.1, 0.15) is 23.0 Å². The van der Waals surface area contributed by atoms with E-state index >= 15 is 0 Å². The number of nitrogens with one attached hydrogen (secondary N) is 2. The van der Waals surface area contributed by atoms with Crippen LogP contribution in [0.15, 0.2) is 36.5 Å². The van der Waals surface area contributed by atoms with Gasteiger partial charge in [-0.15, -0.1) is 0 Å². The second-order valence-electron chi connectivity index (χ2n) is 6.08. The molecule has 2 aromatic rings. The number of halogens is 3. The Labute approximate surface area is 148 Å². The zero-order valence-electron chi connectivity index (χ0n) is 14.0. The lowest BCUT2D eigenvalue weighted by Gasteiger charge is -2.32. The molecule has 1 atom stereocenters. The summed E-state index contributed by atoms with van der Waals surface area (Å²) in [5, 5.41) is 5.98. The van der Waals surface area contributed by atoms with Crippen molar-refractivity contribution in [2.24, 2.45) is 0 Å². The molecule has 1 amide bonds. The third kappa shape index (κ3) is 4.29. The molecule has 3 rings (SSSR count). The predicted octanol–water partition coefficient (Wildman–Crippen LogP) is 2.67. The molecule has 1 aliphatic heterocycles. The number of aromatic nitrogens is 2. The van der Waals surface area contributed by atoms with Gasteiger partial charge in [0.1, 0.15) is 5.69 Å². The topological polar surface area (TPSA) is 70.2 Å². The molecule has 0 aliphatic carbocycles. The van der Waals surface area contributed by atoms with E-state index < -0.39 is 11.9 Å². The second-order valence-corrected chi connectivity index (χ2v) is 6.08. The van der Waals surface area contributed by atoms with E-state index in [1.54, 1.807) is 29.2 Å². The van der Waals surface area contributed by atoms with Crippen LogP contribution in [0, 0.1) is 0 Å². The Hall–Kier alpha value is -2.68. The third-order valence-electron chi connectivity index (χ3n) is 3.97. The van der Waals surface area contributed by atoms with Crippen molar-refractivity contribution in [1.82, 2.24) is 20.2 Å². The van der Waals surface area contributed by atoms with Gasteiger partial charge < -0.3 is 15.5 Å². The minimum Gasteiger partial charge on any atom is -0.336 e. The number of benzene rings is 1. The SMILES string of the molecule is CC1CN(C(=O)c2cccc(Nc3nccc(C(F)(F)F)n3)c2)CCN1. The lowest BCUT2D eigenvalue weighted by molar-refractivity contribution is -0.141. The Bertz CT molecular complexity index is 796. The maximum Gasteiger partial charge on any atom is 0.433 e. The summed E-state index contributed by atoms with van der Waals surface area (Å²) in [6.45, 7) is 3.94. The molecule has 1 fully saturated rings. The summed E-state index contributed by atoms with van der Waals surface area (Å²) in [4.78, 5) is 21.6. The molecule has 1 aromatic carbocycles. The highest BCUT2D eigenvalue weighted by molar-refractivity contribution is 5.95. The van der Waals surface area contributed by atoms with E-state index in [1.807, 2.05) is 6.92 Å². The number of alkyl halides is 3. The molecule has 1 unspecified atom stereocenters. The van der Waals surface area contributed by atoms with Gasteiger partial charge in [-0.25, -0.2) is 9.97 Å². The number of carbonyl (C=O) groups excluding carboxylic acids is 1. The fourth-order valence-corrected chi connectivity index (χ4v) is 2.74. The minimum atomic E-state index is -4.55. The fourth-order valence-electron chi connectivity index (χ4n) is 2.74. The first-order valence-corrected chi connectivity index (χ1v) is 8.13. The zero-order chi connectivity index (χ0) is 18.7. The first-order chi connectivity index (χ1) is 12.3. The van der Waals surface area contributed by atoms with Crippen LogP contribution in [0.2, 0.25) is 0 Å². The summed E-state index contributed by atoms with van der Waals surface area (Å²) < 4.78 is 38.2. The third-order valence-corrected chi connectivity index (χ3v) is 3.97. The Morgan fingerprint density at radius 3 is 2.88 bits per heavy atom. The molecule has 6 nitrogen and oxygen atoms in total. The smallest absolute Gasteiger partial charge is 0.336 e. The highest BCUT2D eigenvalue weighted by Crippen LogP contribution is 2.28. The van der Waals surface area contributed by atoms with Crippen molar-refractivity contribution in [2.45, 2.75) is 19.1 Å². The maximum atomic E-state index is 12.7. The van der Waals surface area contributed by atoms with Crippen molar-refractivity contribution in [1.29, 1.82) is 0 Å². The first-order valence-electron chi connectivity index (χ1n) is 8.13. The van der Waals surface area contributed by atoms with Crippen LogP contribution in [0.25, 0.3) is 0 Å². The molecule has 0 bridgehead atoms. The van der Waals surface area contributed by atoms with Gasteiger partial charge in [-0.2, -0.15) is 13.2 Å². The van der Waals surface area contributed by atoms with E-state index in [4.69, 9.17) is 0 Å². The van der Waals surface area contributed by atoms with Crippen LogP contribution >= 0.6 is 0 Å². The van der Waals surface area contributed by atoms with Gasteiger partial charge in [0.25, 0.3) is 5.91 Å². The van der Waals surface area contributed by atoms with Gasteiger partial charge in [-0.1, -0.05) is 6.07 Å². The molecule has 9 heteroatoms. The van der Waals surface area contributed by atoms with Gasteiger partial charge in [0, 0.05) is 43.1 Å². The maximum absolute atomic E-state index is 12.7. The van der Waals surface area contributed by atoms with E-state index in [9.17, 15) is 18.0 Å². The molecule has 26 heavy (non-hydrogen) atoms. The largest absolute Gasteiger partial charge is 0.433 e. The number of nitrogens with zero attached hydrogens (tertiary/aromatic N) is 3. The first kappa shape index (κ1) is 18.1. The van der Waals surface area contributed by atoms with E-state index in [0.717, 1.165) is 18.8 Å². The van der Waals surface area contributed by atoms with Gasteiger partial charge in [-0.3, -0.25) is 4.79 Å². The fraction of sp³-hybridized carbons (Fsp3) is 0.353. The molecule has 2 N–H and O–H groups in total. The highest BCUT2D eigenvalue weighted by Gasteiger charge is 2.32. The normalized spacial score (nSPS) is 17.8. The van der Waals surface area contributed by atoms with Crippen LogP contribution in [0.5, 0.6) is 0 Å². The van der Waals surface area contributed by atoms with Crippen molar-refractivity contribution >= 4 is 17.5 Å². The molecule has 2 heterocycles. The van der Waals surface area contributed by atoms with Crippen molar-refractivity contribution in [2.75, 3.05) is 25.0 Å². The monoisotopic (exact) mass is 365 g/mol. The predicted molar refractivity (Wildman–Crippen MR) is 90.1 cm³/mol. The summed E-state index contributed by atoms with van der Waals surface area (Å²) in [6, 6.07) is 7.57. The number of hydrogen-bond acceptors (Lipinski definition) is 5. The highest BCUT2D eigenvalue weighted by atomic mass is 19.4. The van der Waals surface area contributed by atoms with E-state index in [0.29, 0.717) is 24.3 Å². The van der Waals surface area contributed by atoms with Gasteiger partial charge >= 0.3 is 6.18 Å². The van der Waals surface area contributed by atoms with Crippen LogP contribution in [-0.2, 0) is 6.18 Å². The van der Waals surface area contributed by atoms with Crippen LogP contribution < -0.4 is 10.6 Å². The van der Waals surface area contributed by atoms with E-state index in [-0.39, 0.29) is 17.9 Å². The Morgan fingerprint density at radius 2 is 2.15 bits per heavy atom. The summed E-state index contributed by atoms with van der Waals surface area (Å²) in [6.07, 6.45) is -3.51. The standard InChI is InChI=1S/C17H18F3N5O/c1-11-10-25(8-7-21-11)15(26)12-3-2-4-13(9-12)23-16-22-6-5-14(24-16)17(18,19)20/h2-6,9,11,21H,7-8,10H2,1H3,(H,22,23,24). The van der Waals surface area contributed by atoms with Crippen LogP contribution in [0.3, 0.4) is 0 Å². The quantitative estimate of drug-likeness (QED) is 0.875. The Kier molecular flexibility index (Phi) is 5.08. The Balaban J connectivity index is 1.76. The van der Waals surface area contributed by atoms with Gasteiger partial charge in [0.15, 0.2) is 0 Å². The van der Waals surface area contributed by atoms with Crippen LogP contribution in [0.4, 0.5) is 24.8 Å². The molecular formula is C17H18F3N5O. The number of amides is 1.